The molecule has 2 atom stereocenters. The summed E-state index contributed by atoms with van der Waals surface area (Å²) in [6.45, 7) is 8.79. The van der Waals surface area contributed by atoms with E-state index in [-0.39, 0.29) is 5.60 Å². The third-order valence-electron chi connectivity index (χ3n) is 2.51. The quantitative estimate of drug-likeness (QED) is 0.505. The zero-order valence-corrected chi connectivity index (χ0v) is 7.48. The molecule has 10 heavy (non-hydrogen) atoms. The van der Waals surface area contributed by atoms with Crippen molar-refractivity contribution >= 4 is 0 Å². The van der Waals surface area contributed by atoms with Gasteiger partial charge in [0.2, 0.25) is 0 Å². The summed E-state index contributed by atoms with van der Waals surface area (Å²) in [4.78, 5) is 0. The molecule has 0 amide bonds. The molecule has 1 aliphatic rings. The van der Waals surface area contributed by atoms with Gasteiger partial charge in [0.1, 0.15) is 0 Å². The van der Waals surface area contributed by atoms with Crippen LogP contribution in [0.4, 0.5) is 0 Å². The molecule has 1 nitrogen and oxygen atoms in total. The average Bonchev–Trinajstić information content (AvgIpc) is 1.79. The number of ether oxygens (including phenoxy) is 1. The van der Waals surface area contributed by atoms with E-state index in [4.69, 9.17) is 4.74 Å². The largest absolute Gasteiger partial charge is 0.372 e. The normalized spacial score (nSPS) is 39.6. The molecule has 2 unspecified atom stereocenters. The number of hydrogen-bond acceptors (Lipinski definition) is 1. The van der Waals surface area contributed by atoms with Gasteiger partial charge in [0.25, 0.3) is 0 Å². The van der Waals surface area contributed by atoms with Gasteiger partial charge in [0, 0.05) is 0 Å². The van der Waals surface area contributed by atoms with E-state index in [0.29, 0.717) is 6.10 Å². The predicted molar refractivity (Wildman–Crippen MR) is 43.0 cm³/mol. The van der Waals surface area contributed by atoms with Crippen LogP contribution in [0.3, 0.4) is 0 Å². The molecule has 0 aromatic rings. The van der Waals surface area contributed by atoms with Gasteiger partial charge in [-0.25, -0.2) is 0 Å². The first-order chi connectivity index (χ1) is 4.51. The first-order valence-electron chi connectivity index (χ1n) is 4.19. The van der Waals surface area contributed by atoms with E-state index >= 15 is 0 Å². The predicted octanol–water partition coefficient (Wildman–Crippen LogP) is 2.60. The van der Waals surface area contributed by atoms with Gasteiger partial charge in [-0.1, -0.05) is 6.92 Å². The van der Waals surface area contributed by atoms with Crippen molar-refractivity contribution in [3.63, 3.8) is 0 Å². The van der Waals surface area contributed by atoms with Gasteiger partial charge in [-0.15, -0.1) is 0 Å². The van der Waals surface area contributed by atoms with Crippen molar-refractivity contribution < 1.29 is 4.74 Å². The first kappa shape index (κ1) is 8.06. The van der Waals surface area contributed by atoms with Crippen LogP contribution in [0, 0.1) is 5.92 Å². The molecule has 60 valence electrons. The lowest BCUT2D eigenvalue weighted by atomic mass is 9.88. The van der Waals surface area contributed by atoms with Crippen molar-refractivity contribution in [2.45, 2.75) is 52.2 Å². The third-order valence-corrected chi connectivity index (χ3v) is 2.51. The second kappa shape index (κ2) is 2.54. The molecule has 0 aromatic heterocycles. The molecule has 0 aliphatic carbocycles. The van der Waals surface area contributed by atoms with E-state index in [1.54, 1.807) is 0 Å². The van der Waals surface area contributed by atoms with Crippen LogP contribution in [-0.2, 0) is 4.74 Å². The SMILES string of the molecule is CC1CCC(C)(C)OC1C. The minimum Gasteiger partial charge on any atom is -0.372 e. The minimum atomic E-state index is 0.131. The van der Waals surface area contributed by atoms with Gasteiger partial charge >= 0.3 is 0 Å². The molecule has 1 saturated heterocycles. The fourth-order valence-electron chi connectivity index (χ4n) is 1.49. The van der Waals surface area contributed by atoms with Gasteiger partial charge in [-0.05, 0) is 39.5 Å². The summed E-state index contributed by atoms with van der Waals surface area (Å²) in [7, 11) is 0. The lowest BCUT2D eigenvalue weighted by molar-refractivity contribution is -0.122. The van der Waals surface area contributed by atoms with Crippen molar-refractivity contribution in [3.05, 3.63) is 0 Å². The maximum absolute atomic E-state index is 5.79. The van der Waals surface area contributed by atoms with Crippen molar-refractivity contribution in [1.82, 2.24) is 0 Å². The van der Waals surface area contributed by atoms with Gasteiger partial charge in [-0.3, -0.25) is 0 Å². The van der Waals surface area contributed by atoms with Gasteiger partial charge < -0.3 is 4.74 Å². The van der Waals surface area contributed by atoms with E-state index in [0.717, 1.165) is 5.92 Å². The van der Waals surface area contributed by atoms with Gasteiger partial charge in [0.15, 0.2) is 0 Å². The monoisotopic (exact) mass is 142 g/mol. The summed E-state index contributed by atoms with van der Waals surface area (Å²) in [5.74, 6) is 0.744. The smallest absolute Gasteiger partial charge is 0.0630 e. The lowest BCUT2D eigenvalue weighted by Crippen LogP contribution is -2.38. The Kier molecular flexibility index (Phi) is 2.04. The zero-order valence-electron chi connectivity index (χ0n) is 7.48. The van der Waals surface area contributed by atoms with E-state index in [9.17, 15) is 0 Å². The molecule has 0 radical (unpaired) electrons. The fourth-order valence-corrected chi connectivity index (χ4v) is 1.49. The molecular weight excluding hydrogens is 124 g/mol. The summed E-state index contributed by atoms with van der Waals surface area (Å²) >= 11 is 0. The van der Waals surface area contributed by atoms with Crippen LogP contribution in [0.25, 0.3) is 0 Å². The van der Waals surface area contributed by atoms with Crippen molar-refractivity contribution in [3.8, 4) is 0 Å². The summed E-state index contributed by atoms with van der Waals surface area (Å²) in [6.07, 6.45) is 2.97. The summed E-state index contributed by atoms with van der Waals surface area (Å²) in [5.41, 5.74) is 0.131. The highest BCUT2D eigenvalue weighted by molar-refractivity contribution is 4.79. The van der Waals surface area contributed by atoms with Crippen molar-refractivity contribution in [2.75, 3.05) is 0 Å². The molecule has 1 aliphatic heterocycles. The molecule has 0 bridgehead atoms. The molecular formula is C9H18O. The van der Waals surface area contributed by atoms with Crippen LogP contribution < -0.4 is 0 Å². The Morgan fingerprint density at radius 1 is 1.30 bits per heavy atom. The molecule has 0 N–H and O–H groups in total. The maximum Gasteiger partial charge on any atom is 0.0630 e. The highest BCUT2D eigenvalue weighted by atomic mass is 16.5. The van der Waals surface area contributed by atoms with Crippen LogP contribution in [0.15, 0.2) is 0 Å². The molecule has 1 rings (SSSR count). The lowest BCUT2D eigenvalue weighted by Gasteiger charge is -2.38. The Hall–Kier alpha value is -0.0400. The standard InChI is InChI=1S/C9H18O/c1-7-5-6-9(3,4)10-8(7)2/h7-8H,5-6H2,1-4H3. The van der Waals surface area contributed by atoms with E-state index in [1.165, 1.54) is 12.8 Å². The summed E-state index contributed by atoms with van der Waals surface area (Å²) in [5, 5.41) is 0. The van der Waals surface area contributed by atoms with Crippen molar-refractivity contribution in [2.24, 2.45) is 5.92 Å². The van der Waals surface area contributed by atoms with E-state index in [1.807, 2.05) is 0 Å². The topological polar surface area (TPSA) is 9.23 Å². The molecule has 1 heteroatoms. The minimum absolute atomic E-state index is 0.131. The summed E-state index contributed by atoms with van der Waals surface area (Å²) < 4.78 is 5.79. The number of rotatable bonds is 0. The van der Waals surface area contributed by atoms with Crippen LogP contribution >= 0.6 is 0 Å². The molecule has 0 spiro atoms. The fraction of sp³-hybridized carbons (Fsp3) is 1.00. The average molecular weight is 142 g/mol. The Labute approximate surface area is 63.8 Å². The summed E-state index contributed by atoms with van der Waals surface area (Å²) in [6, 6.07) is 0. The molecule has 0 aromatic carbocycles. The van der Waals surface area contributed by atoms with Gasteiger partial charge in [-0.2, -0.15) is 0 Å². The van der Waals surface area contributed by atoms with E-state index in [2.05, 4.69) is 27.7 Å². The maximum atomic E-state index is 5.79. The zero-order chi connectivity index (χ0) is 7.78. The highest BCUT2D eigenvalue weighted by Gasteiger charge is 2.30. The van der Waals surface area contributed by atoms with Crippen LogP contribution in [0.1, 0.15) is 40.5 Å². The molecule has 1 heterocycles. The van der Waals surface area contributed by atoms with Crippen LogP contribution in [0.5, 0.6) is 0 Å². The Balaban J connectivity index is 2.49. The van der Waals surface area contributed by atoms with Crippen LogP contribution in [-0.4, -0.2) is 11.7 Å². The van der Waals surface area contributed by atoms with Crippen LogP contribution in [0.2, 0.25) is 0 Å². The third kappa shape index (κ3) is 1.72. The molecule has 0 saturated carbocycles. The Morgan fingerprint density at radius 3 is 2.30 bits per heavy atom. The van der Waals surface area contributed by atoms with Gasteiger partial charge in [0.05, 0.1) is 11.7 Å². The molecule has 1 fully saturated rings. The Morgan fingerprint density at radius 2 is 1.90 bits per heavy atom. The second-order valence-corrected chi connectivity index (χ2v) is 4.10. The highest BCUT2D eigenvalue weighted by Crippen LogP contribution is 2.31. The first-order valence-corrected chi connectivity index (χ1v) is 4.19. The number of hydrogen-bond donors (Lipinski definition) is 0. The van der Waals surface area contributed by atoms with E-state index < -0.39 is 0 Å². The van der Waals surface area contributed by atoms with Crippen molar-refractivity contribution in [1.29, 1.82) is 0 Å². The second-order valence-electron chi connectivity index (χ2n) is 4.10. The Bertz CT molecular complexity index is 118.